The van der Waals surface area contributed by atoms with E-state index in [0.717, 1.165) is 51.3 Å². The molecule has 6 heteroatoms. The highest BCUT2D eigenvalue weighted by molar-refractivity contribution is 5.82. The number of hydrogen-bond donors (Lipinski definition) is 1. The number of benzene rings is 1. The number of amides is 1. The van der Waals surface area contributed by atoms with Crippen LogP contribution in [0.5, 0.6) is 0 Å². The van der Waals surface area contributed by atoms with Crippen molar-refractivity contribution in [3.05, 3.63) is 35.6 Å². The maximum atomic E-state index is 13.0. The lowest BCUT2D eigenvalue weighted by atomic mass is 10.2. The number of carbonyl (C=O) groups excluding carboxylic acids is 1. The maximum absolute atomic E-state index is 13.0. The molecule has 5 nitrogen and oxygen atoms in total. The molecule has 0 aromatic heterocycles. The minimum absolute atomic E-state index is 0.147. The fraction of sp³-hybridized carbons (Fsp3) is 0.588. The predicted octanol–water partition coefficient (Wildman–Crippen LogP) is 0.848. The zero-order valence-electron chi connectivity index (χ0n) is 13.3. The van der Waals surface area contributed by atoms with Crippen molar-refractivity contribution < 1.29 is 13.9 Å². The summed E-state index contributed by atoms with van der Waals surface area (Å²) in [4.78, 5) is 16.8. The summed E-state index contributed by atoms with van der Waals surface area (Å²) in [6.07, 6.45) is 0.959. The van der Waals surface area contributed by atoms with Gasteiger partial charge in [-0.3, -0.25) is 9.69 Å². The summed E-state index contributed by atoms with van der Waals surface area (Å²) in [5.41, 5.74) is 1.11. The van der Waals surface area contributed by atoms with E-state index in [1.165, 1.54) is 12.1 Å². The van der Waals surface area contributed by atoms with Crippen molar-refractivity contribution in [3.63, 3.8) is 0 Å². The number of ether oxygens (including phenoxy) is 1. The van der Waals surface area contributed by atoms with Crippen LogP contribution in [0.3, 0.4) is 0 Å². The van der Waals surface area contributed by atoms with Crippen LogP contribution in [-0.4, -0.2) is 67.7 Å². The molecule has 0 radical (unpaired) electrons. The smallest absolute Gasteiger partial charge is 0.242 e. The first kappa shape index (κ1) is 16.4. The van der Waals surface area contributed by atoms with E-state index in [1.807, 2.05) is 17.0 Å². The third-order valence-corrected chi connectivity index (χ3v) is 4.44. The molecular formula is C17H24FN3O2. The molecule has 2 fully saturated rings. The molecule has 0 saturated carbocycles. The third kappa shape index (κ3) is 4.50. The molecule has 1 amide bonds. The van der Waals surface area contributed by atoms with Crippen LogP contribution in [0, 0.1) is 5.82 Å². The van der Waals surface area contributed by atoms with Gasteiger partial charge in [-0.25, -0.2) is 4.39 Å². The van der Waals surface area contributed by atoms with Crippen molar-refractivity contribution in [1.29, 1.82) is 0 Å². The molecule has 3 rings (SSSR count). The monoisotopic (exact) mass is 321 g/mol. The Kier molecular flexibility index (Phi) is 5.59. The number of morpholine rings is 1. The van der Waals surface area contributed by atoms with Crippen LogP contribution >= 0.6 is 0 Å². The molecule has 126 valence electrons. The number of carbonyl (C=O) groups is 1. The van der Waals surface area contributed by atoms with Gasteiger partial charge in [0.05, 0.1) is 13.2 Å². The van der Waals surface area contributed by atoms with Gasteiger partial charge in [0.25, 0.3) is 0 Å². The van der Waals surface area contributed by atoms with E-state index in [2.05, 4.69) is 10.2 Å². The van der Waals surface area contributed by atoms with E-state index in [0.29, 0.717) is 13.2 Å². The lowest BCUT2D eigenvalue weighted by molar-refractivity contribution is -0.136. The maximum Gasteiger partial charge on any atom is 0.242 e. The molecule has 0 spiro atoms. The molecule has 1 N–H and O–H groups in total. The zero-order chi connectivity index (χ0) is 16.1. The van der Waals surface area contributed by atoms with E-state index in [4.69, 9.17) is 4.74 Å². The van der Waals surface area contributed by atoms with Gasteiger partial charge in [0.15, 0.2) is 0 Å². The fourth-order valence-corrected chi connectivity index (χ4v) is 3.14. The topological polar surface area (TPSA) is 44.8 Å². The van der Waals surface area contributed by atoms with Gasteiger partial charge in [-0.2, -0.15) is 0 Å². The summed E-state index contributed by atoms with van der Waals surface area (Å²) in [5, 5.41) is 3.23. The van der Waals surface area contributed by atoms with Gasteiger partial charge in [-0.15, -0.1) is 0 Å². The molecule has 0 aliphatic carbocycles. The number of rotatable bonds is 3. The normalized spacial score (nSPS) is 23.5. The van der Waals surface area contributed by atoms with E-state index < -0.39 is 0 Å². The predicted molar refractivity (Wildman–Crippen MR) is 85.5 cm³/mol. The molecule has 2 aliphatic heterocycles. The number of nitrogens with zero attached hydrogens (tertiary/aromatic N) is 2. The average molecular weight is 321 g/mol. The first-order valence-corrected chi connectivity index (χ1v) is 8.29. The second-order valence-corrected chi connectivity index (χ2v) is 6.16. The third-order valence-electron chi connectivity index (χ3n) is 4.44. The lowest BCUT2D eigenvalue weighted by Gasteiger charge is -2.29. The largest absolute Gasteiger partial charge is 0.378 e. The Hall–Kier alpha value is -1.50. The average Bonchev–Trinajstić information content (AvgIpc) is 2.83. The summed E-state index contributed by atoms with van der Waals surface area (Å²) in [6, 6.07) is 6.45. The molecule has 1 aromatic rings. The van der Waals surface area contributed by atoms with Gasteiger partial charge in [0.2, 0.25) is 5.91 Å². The molecule has 2 aliphatic rings. The number of halogens is 1. The molecule has 0 bridgehead atoms. The highest BCUT2D eigenvalue weighted by atomic mass is 19.1. The van der Waals surface area contributed by atoms with Gasteiger partial charge < -0.3 is 15.0 Å². The van der Waals surface area contributed by atoms with Crippen molar-refractivity contribution in [3.8, 4) is 0 Å². The minimum Gasteiger partial charge on any atom is -0.378 e. The van der Waals surface area contributed by atoms with Crippen molar-refractivity contribution in [1.82, 2.24) is 15.1 Å². The highest BCUT2D eigenvalue weighted by Gasteiger charge is 2.27. The summed E-state index contributed by atoms with van der Waals surface area (Å²) in [5.74, 6) is -0.0584. The van der Waals surface area contributed by atoms with Crippen LogP contribution < -0.4 is 5.32 Å². The van der Waals surface area contributed by atoms with E-state index in [9.17, 15) is 9.18 Å². The van der Waals surface area contributed by atoms with Gasteiger partial charge in [-0.05, 0) is 24.1 Å². The molecule has 1 aromatic carbocycles. The summed E-state index contributed by atoms with van der Waals surface area (Å²) in [6.45, 7) is 6.00. The summed E-state index contributed by atoms with van der Waals surface area (Å²) in [7, 11) is 0. The number of nitrogens with one attached hydrogen (secondary N) is 1. The Morgan fingerprint density at radius 2 is 2.04 bits per heavy atom. The standard InChI is InChI=1S/C17H24FN3O2/c18-15-4-2-14(3-5-15)12-20-7-1-8-21(10-9-20)17(22)16-13-23-11-6-19-16/h2-5,16,19H,1,6-13H2. The SMILES string of the molecule is O=C(C1COCCN1)N1CCCN(Cc2ccc(F)cc2)CC1. The lowest BCUT2D eigenvalue weighted by Crippen LogP contribution is -2.53. The fourth-order valence-electron chi connectivity index (χ4n) is 3.14. The van der Waals surface area contributed by atoms with Crippen molar-refractivity contribution in [2.75, 3.05) is 45.9 Å². The Labute approximate surface area is 136 Å². The van der Waals surface area contributed by atoms with E-state index in [1.54, 1.807) is 0 Å². The van der Waals surface area contributed by atoms with E-state index >= 15 is 0 Å². The second-order valence-electron chi connectivity index (χ2n) is 6.16. The Morgan fingerprint density at radius 3 is 2.78 bits per heavy atom. The molecule has 23 heavy (non-hydrogen) atoms. The first-order valence-electron chi connectivity index (χ1n) is 8.29. The summed E-state index contributed by atoms with van der Waals surface area (Å²) < 4.78 is 18.4. The van der Waals surface area contributed by atoms with Crippen molar-refractivity contribution >= 4 is 5.91 Å². The highest BCUT2D eigenvalue weighted by Crippen LogP contribution is 2.11. The van der Waals surface area contributed by atoms with Crippen molar-refractivity contribution in [2.45, 2.75) is 19.0 Å². The Balaban J connectivity index is 1.52. The Morgan fingerprint density at radius 1 is 1.22 bits per heavy atom. The van der Waals surface area contributed by atoms with Crippen molar-refractivity contribution in [2.24, 2.45) is 0 Å². The van der Waals surface area contributed by atoms with Crippen LogP contribution in [0.15, 0.2) is 24.3 Å². The van der Waals surface area contributed by atoms with Crippen LogP contribution in [0.25, 0.3) is 0 Å². The van der Waals surface area contributed by atoms with E-state index in [-0.39, 0.29) is 17.8 Å². The van der Waals surface area contributed by atoms with Crippen LogP contribution in [0.1, 0.15) is 12.0 Å². The molecule has 1 atom stereocenters. The zero-order valence-corrected chi connectivity index (χ0v) is 13.3. The van der Waals surface area contributed by atoms with Gasteiger partial charge in [0.1, 0.15) is 11.9 Å². The van der Waals surface area contributed by atoms with Gasteiger partial charge in [0, 0.05) is 39.3 Å². The van der Waals surface area contributed by atoms with Gasteiger partial charge in [-0.1, -0.05) is 12.1 Å². The molecular weight excluding hydrogens is 297 g/mol. The molecule has 2 saturated heterocycles. The number of hydrogen-bond acceptors (Lipinski definition) is 4. The summed E-state index contributed by atoms with van der Waals surface area (Å²) >= 11 is 0. The van der Waals surface area contributed by atoms with Crippen LogP contribution in [0.2, 0.25) is 0 Å². The van der Waals surface area contributed by atoms with Crippen LogP contribution in [-0.2, 0) is 16.1 Å². The molecule has 1 unspecified atom stereocenters. The molecule has 2 heterocycles. The second kappa shape index (κ2) is 7.86. The quantitative estimate of drug-likeness (QED) is 0.896. The minimum atomic E-state index is -0.205. The van der Waals surface area contributed by atoms with Crippen LogP contribution in [0.4, 0.5) is 4.39 Å². The first-order chi connectivity index (χ1) is 11.2. The Bertz CT molecular complexity index is 517. The van der Waals surface area contributed by atoms with Gasteiger partial charge >= 0.3 is 0 Å².